The Hall–Kier alpha value is -1.66. The molecule has 0 bridgehead atoms. The minimum absolute atomic E-state index is 0.639. The Kier molecular flexibility index (Phi) is 9.27. The molecule has 0 fully saturated rings. The van der Waals surface area contributed by atoms with Gasteiger partial charge in [0, 0.05) is 0 Å². The van der Waals surface area contributed by atoms with Crippen molar-refractivity contribution in [3.8, 4) is 0 Å². The predicted molar refractivity (Wildman–Crippen MR) is 64.4 cm³/mol. The molecular weight excluding hydrogens is 186 g/mol. The fourth-order valence-electron chi connectivity index (χ4n) is 0.872. The van der Waals surface area contributed by atoms with Gasteiger partial charge in [-0.25, -0.2) is 9.79 Å². The number of rotatable bonds is 4. The molecule has 0 N–H and O–H groups in total. The third-order valence-corrected chi connectivity index (χ3v) is 1.72. The van der Waals surface area contributed by atoms with Crippen molar-refractivity contribution in [2.24, 2.45) is 4.99 Å². The molecule has 0 atom stereocenters. The Balaban J connectivity index is 0.000000265. The number of aliphatic imine (C=N–C) groups is 1. The first kappa shape index (κ1) is 13.3. The SMILES string of the molecule is C=Cc1ccccc1.CCCCN=C=O. The molecule has 1 aromatic carbocycles. The summed E-state index contributed by atoms with van der Waals surface area (Å²) in [5, 5.41) is 0. The molecule has 15 heavy (non-hydrogen) atoms. The van der Waals surface area contributed by atoms with Crippen LogP contribution in [0.1, 0.15) is 25.3 Å². The summed E-state index contributed by atoms with van der Waals surface area (Å²) in [6, 6.07) is 10.0. The summed E-state index contributed by atoms with van der Waals surface area (Å²) in [6.45, 7) is 6.33. The summed E-state index contributed by atoms with van der Waals surface area (Å²) in [4.78, 5) is 12.7. The van der Waals surface area contributed by atoms with Crippen LogP contribution in [0, 0.1) is 0 Å². The van der Waals surface area contributed by atoms with Crippen molar-refractivity contribution in [3.05, 3.63) is 42.5 Å². The highest BCUT2D eigenvalue weighted by Crippen LogP contribution is 1.97. The number of isocyanates is 1. The van der Waals surface area contributed by atoms with Crippen LogP contribution in [0.4, 0.5) is 0 Å². The number of hydrogen-bond acceptors (Lipinski definition) is 2. The molecule has 0 amide bonds. The van der Waals surface area contributed by atoms with Crippen LogP contribution in [0.3, 0.4) is 0 Å². The van der Waals surface area contributed by atoms with Crippen molar-refractivity contribution < 1.29 is 4.79 Å². The molecule has 0 radical (unpaired) electrons. The summed E-state index contributed by atoms with van der Waals surface area (Å²) >= 11 is 0. The zero-order valence-corrected chi connectivity index (χ0v) is 9.15. The average molecular weight is 203 g/mol. The summed E-state index contributed by atoms with van der Waals surface area (Å²) in [5.41, 5.74) is 1.17. The molecule has 80 valence electrons. The highest BCUT2D eigenvalue weighted by molar-refractivity contribution is 5.45. The van der Waals surface area contributed by atoms with E-state index in [4.69, 9.17) is 0 Å². The predicted octanol–water partition coefficient (Wildman–Crippen LogP) is 3.45. The molecule has 1 rings (SSSR count). The van der Waals surface area contributed by atoms with Gasteiger partial charge >= 0.3 is 0 Å². The fourth-order valence-corrected chi connectivity index (χ4v) is 0.872. The Bertz CT molecular complexity index is 300. The summed E-state index contributed by atoms with van der Waals surface area (Å²) in [5.74, 6) is 0. The van der Waals surface area contributed by atoms with Crippen molar-refractivity contribution in [1.82, 2.24) is 0 Å². The second-order valence-electron chi connectivity index (χ2n) is 2.94. The number of unbranched alkanes of at least 4 members (excludes halogenated alkanes) is 1. The molecule has 0 saturated heterocycles. The Labute approximate surface area is 91.4 Å². The molecule has 0 heterocycles. The fraction of sp³-hybridized carbons (Fsp3) is 0.308. The Morgan fingerprint density at radius 1 is 1.40 bits per heavy atom. The molecule has 2 heteroatoms. The Morgan fingerprint density at radius 2 is 2.07 bits per heavy atom. The van der Waals surface area contributed by atoms with E-state index < -0.39 is 0 Å². The maximum absolute atomic E-state index is 9.39. The van der Waals surface area contributed by atoms with Gasteiger partial charge in [0.1, 0.15) is 0 Å². The van der Waals surface area contributed by atoms with Crippen LogP contribution in [0.2, 0.25) is 0 Å². The molecule has 0 saturated carbocycles. The van der Waals surface area contributed by atoms with Crippen LogP contribution < -0.4 is 0 Å². The van der Waals surface area contributed by atoms with Gasteiger partial charge in [0.2, 0.25) is 6.08 Å². The van der Waals surface area contributed by atoms with Crippen LogP contribution in [0.5, 0.6) is 0 Å². The first-order valence-corrected chi connectivity index (χ1v) is 5.06. The van der Waals surface area contributed by atoms with Crippen molar-refractivity contribution >= 4 is 12.2 Å². The summed E-state index contributed by atoms with van der Waals surface area (Å²) in [6.07, 6.45) is 5.39. The molecule has 0 aliphatic carbocycles. The van der Waals surface area contributed by atoms with Crippen LogP contribution in [-0.2, 0) is 4.79 Å². The van der Waals surface area contributed by atoms with Gasteiger partial charge in [-0.2, -0.15) is 0 Å². The van der Waals surface area contributed by atoms with E-state index in [0.717, 1.165) is 12.8 Å². The maximum Gasteiger partial charge on any atom is 0.234 e. The molecular formula is C13H17NO. The van der Waals surface area contributed by atoms with Crippen molar-refractivity contribution in [1.29, 1.82) is 0 Å². The van der Waals surface area contributed by atoms with Crippen LogP contribution in [0.25, 0.3) is 6.08 Å². The molecule has 0 aromatic heterocycles. The number of hydrogen-bond donors (Lipinski definition) is 0. The van der Waals surface area contributed by atoms with Crippen LogP contribution in [-0.4, -0.2) is 12.6 Å². The first-order valence-electron chi connectivity index (χ1n) is 5.06. The second-order valence-corrected chi connectivity index (χ2v) is 2.94. The van der Waals surface area contributed by atoms with Gasteiger partial charge in [0.05, 0.1) is 6.54 Å². The van der Waals surface area contributed by atoms with Gasteiger partial charge in [0.25, 0.3) is 0 Å². The van der Waals surface area contributed by atoms with E-state index in [2.05, 4.69) is 18.5 Å². The van der Waals surface area contributed by atoms with Gasteiger partial charge in [0.15, 0.2) is 0 Å². The standard InChI is InChI=1S/C8H8.C5H9NO/c1-2-8-6-4-3-5-7-8;1-2-3-4-6-5-7/h2-7H,1H2;2-4H2,1H3. The first-order chi connectivity index (χ1) is 7.35. The third kappa shape index (κ3) is 8.66. The normalized spacial score (nSPS) is 8.07. The number of nitrogens with zero attached hydrogens (tertiary/aromatic N) is 1. The lowest BCUT2D eigenvalue weighted by atomic mass is 10.2. The second kappa shape index (κ2) is 10.4. The molecule has 0 spiro atoms. The van der Waals surface area contributed by atoms with E-state index in [-0.39, 0.29) is 0 Å². The quantitative estimate of drug-likeness (QED) is 0.418. The van der Waals surface area contributed by atoms with E-state index in [0.29, 0.717) is 6.54 Å². The molecule has 0 unspecified atom stereocenters. The molecule has 0 aliphatic rings. The van der Waals surface area contributed by atoms with E-state index in [9.17, 15) is 4.79 Å². The highest BCUT2D eigenvalue weighted by atomic mass is 16.1. The summed E-state index contributed by atoms with van der Waals surface area (Å²) < 4.78 is 0. The lowest BCUT2D eigenvalue weighted by Gasteiger charge is -1.85. The average Bonchev–Trinajstić information content (AvgIpc) is 2.32. The lowest BCUT2D eigenvalue weighted by molar-refractivity contribution is 0.562. The Morgan fingerprint density at radius 3 is 2.47 bits per heavy atom. The zero-order valence-electron chi connectivity index (χ0n) is 9.15. The minimum Gasteiger partial charge on any atom is -0.211 e. The monoisotopic (exact) mass is 203 g/mol. The van der Waals surface area contributed by atoms with Crippen molar-refractivity contribution in [3.63, 3.8) is 0 Å². The number of carbonyl (C=O) groups excluding carboxylic acids is 1. The van der Waals surface area contributed by atoms with Crippen molar-refractivity contribution in [2.45, 2.75) is 19.8 Å². The third-order valence-electron chi connectivity index (χ3n) is 1.72. The summed E-state index contributed by atoms with van der Waals surface area (Å²) in [7, 11) is 0. The number of benzene rings is 1. The largest absolute Gasteiger partial charge is 0.234 e. The van der Waals surface area contributed by atoms with Crippen LogP contribution in [0.15, 0.2) is 41.9 Å². The van der Waals surface area contributed by atoms with Gasteiger partial charge in [-0.1, -0.05) is 56.3 Å². The molecule has 2 nitrogen and oxygen atoms in total. The van der Waals surface area contributed by atoms with Crippen LogP contribution >= 0.6 is 0 Å². The van der Waals surface area contributed by atoms with Gasteiger partial charge in [-0.15, -0.1) is 0 Å². The van der Waals surface area contributed by atoms with E-state index in [1.807, 2.05) is 36.4 Å². The minimum atomic E-state index is 0.639. The highest BCUT2D eigenvalue weighted by Gasteiger charge is 1.76. The van der Waals surface area contributed by atoms with Gasteiger partial charge in [-0.05, 0) is 12.0 Å². The maximum atomic E-state index is 9.39. The smallest absolute Gasteiger partial charge is 0.211 e. The van der Waals surface area contributed by atoms with E-state index in [1.165, 1.54) is 11.6 Å². The van der Waals surface area contributed by atoms with E-state index >= 15 is 0 Å². The zero-order chi connectivity index (χ0) is 11.4. The molecule has 1 aromatic rings. The van der Waals surface area contributed by atoms with Crippen molar-refractivity contribution in [2.75, 3.05) is 6.54 Å². The van der Waals surface area contributed by atoms with E-state index in [1.54, 1.807) is 0 Å². The van der Waals surface area contributed by atoms with Gasteiger partial charge in [-0.3, -0.25) is 0 Å². The lowest BCUT2D eigenvalue weighted by Crippen LogP contribution is -1.74. The molecule has 0 aliphatic heterocycles. The van der Waals surface area contributed by atoms with Gasteiger partial charge < -0.3 is 0 Å². The topological polar surface area (TPSA) is 29.4 Å².